The van der Waals surface area contributed by atoms with Crippen LogP contribution >= 0.6 is 11.6 Å². The second kappa shape index (κ2) is 9.40. The van der Waals surface area contributed by atoms with E-state index in [-0.39, 0.29) is 11.6 Å². The van der Waals surface area contributed by atoms with E-state index in [2.05, 4.69) is 16.8 Å². The van der Waals surface area contributed by atoms with Crippen LogP contribution in [-0.4, -0.2) is 24.2 Å². The van der Waals surface area contributed by atoms with Gasteiger partial charge in [0.1, 0.15) is 11.6 Å². The fourth-order valence-electron chi connectivity index (χ4n) is 3.13. The predicted molar refractivity (Wildman–Crippen MR) is 107 cm³/mol. The molecule has 142 valence electrons. The Morgan fingerprint density at radius 1 is 1.37 bits per heavy atom. The monoisotopic (exact) mass is 385 g/mol. The first-order valence-corrected chi connectivity index (χ1v) is 9.07. The largest absolute Gasteiger partial charge is 0.383 e. The van der Waals surface area contributed by atoms with Gasteiger partial charge in [-0.3, -0.25) is 4.79 Å². The van der Waals surface area contributed by atoms with Gasteiger partial charge in [-0.15, -0.1) is 0 Å². The lowest BCUT2D eigenvalue weighted by Gasteiger charge is -2.17. The van der Waals surface area contributed by atoms with Gasteiger partial charge in [0.2, 0.25) is 0 Å². The van der Waals surface area contributed by atoms with Crippen molar-refractivity contribution in [3.8, 4) is 6.07 Å². The Hall–Kier alpha value is -2.55. The van der Waals surface area contributed by atoms with Crippen molar-refractivity contribution in [1.29, 1.82) is 5.26 Å². The smallest absolute Gasteiger partial charge is 0.262 e. The van der Waals surface area contributed by atoms with Gasteiger partial charge in [0.25, 0.3) is 5.91 Å². The fraction of sp³-hybridized carbons (Fsp3) is 0.333. The number of halogens is 1. The lowest BCUT2D eigenvalue weighted by molar-refractivity contribution is -0.117. The van der Waals surface area contributed by atoms with Crippen molar-refractivity contribution in [2.24, 2.45) is 0 Å². The van der Waals surface area contributed by atoms with E-state index in [0.717, 1.165) is 22.5 Å². The zero-order chi connectivity index (χ0) is 20.0. The second-order valence-corrected chi connectivity index (χ2v) is 6.92. The van der Waals surface area contributed by atoms with E-state index in [9.17, 15) is 10.1 Å². The molecule has 1 amide bonds. The highest BCUT2D eigenvalue weighted by molar-refractivity contribution is 6.30. The summed E-state index contributed by atoms with van der Waals surface area (Å²) in [7, 11) is 1.67. The normalized spacial score (nSPS) is 12.5. The van der Waals surface area contributed by atoms with Crippen molar-refractivity contribution >= 4 is 23.6 Å². The summed E-state index contributed by atoms with van der Waals surface area (Å²) in [6.45, 7) is 6.97. The Balaban J connectivity index is 2.17. The summed E-state index contributed by atoms with van der Waals surface area (Å²) in [6.07, 6.45) is 1.63. The predicted octanol–water partition coefficient (Wildman–Crippen LogP) is 4.19. The quantitative estimate of drug-likeness (QED) is 0.574. The summed E-state index contributed by atoms with van der Waals surface area (Å²) < 4.78 is 7.39. The minimum absolute atomic E-state index is 0.0728. The molecule has 0 spiro atoms. The van der Waals surface area contributed by atoms with Gasteiger partial charge in [0.05, 0.1) is 12.6 Å². The first-order valence-electron chi connectivity index (χ1n) is 8.69. The topological polar surface area (TPSA) is 67.0 Å². The van der Waals surface area contributed by atoms with Crippen LogP contribution in [0, 0.1) is 25.2 Å². The Bertz CT molecular complexity index is 876. The minimum Gasteiger partial charge on any atom is -0.383 e. The van der Waals surface area contributed by atoms with Gasteiger partial charge in [0.15, 0.2) is 0 Å². The number of hydrogen-bond donors (Lipinski definition) is 1. The van der Waals surface area contributed by atoms with E-state index in [1.807, 2.05) is 38.1 Å². The van der Waals surface area contributed by atoms with Crippen LogP contribution in [0.25, 0.3) is 6.08 Å². The van der Waals surface area contributed by atoms with Gasteiger partial charge < -0.3 is 14.6 Å². The molecule has 1 N–H and O–H groups in total. The maximum atomic E-state index is 12.4. The number of nitrogens with zero attached hydrogens (tertiary/aromatic N) is 2. The third kappa shape index (κ3) is 5.22. The number of benzene rings is 1. The number of carbonyl (C=O) groups excluding carboxylic acids is 1. The van der Waals surface area contributed by atoms with Crippen molar-refractivity contribution in [2.75, 3.05) is 13.7 Å². The zero-order valence-corrected chi connectivity index (χ0v) is 16.8. The highest BCUT2D eigenvalue weighted by atomic mass is 35.5. The van der Waals surface area contributed by atoms with E-state index >= 15 is 0 Å². The summed E-state index contributed by atoms with van der Waals surface area (Å²) in [5.74, 6) is -0.401. The molecule has 1 atom stereocenters. The summed E-state index contributed by atoms with van der Waals surface area (Å²) in [6, 6.07) is 11.3. The number of hydrogen-bond acceptors (Lipinski definition) is 3. The number of nitrogens with one attached hydrogen (secondary N) is 1. The van der Waals surface area contributed by atoms with E-state index < -0.39 is 5.91 Å². The summed E-state index contributed by atoms with van der Waals surface area (Å²) in [5, 5.41) is 12.8. The first kappa shape index (κ1) is 20.8. The minimum atomic E-state index is -0.401. The molecule has 1 aromatic heterocycles. The molecule has 6 heteroatoms. The molecule has 1 aromatic carbocycles. The SMILES string of the molecule is COCC(C)n1c(C)cc(/C=C(\C#N)C(=O)NCc2ccc(Cl)cc2)c1C. The van der Waals surface area contributed by atoms with Gasteiger partial charge in [-0.05, 0) is 56.2 Å². The van der Waals surface area contributed by atoms with Crippen LogP contribution in [-0.2, 0) is 16.1 Å². The molecule has 2 aromatic rings. The number of carbonyl (C=O) groups is 1. The van der Waals surface area contributed by atoms with Gasteiger partial charge in [-0.2, -0.15) is 5.26 Å². The van der Waals surface area contributed by atoms with Gasteiger partial charge in [-0.25, -0.2) is 0 Å². The van der Waals surface area contributed by atoms with E-state index in [4.69, 9.17) is 16.3 Å². The van der Waals surface area contributed by atoms with Crippen LogP contribution in [0.1, 0.15) is 35.5 Å². The summed E-state index contributed by atoms with van der Waals surface area (Å²) >= 11 is 5.86. The molecular formula is C21H24ClN3O2. The molecule has 0 aliphatic heterocycles. The van der Waals surface area contributed by atoms with Gasteiger partial charge in [0, 0.05) is 30.1 Å². The molecule has 0 saturated heterocycles. The van der Waals surface area contributed by atoms with Crippen molar-refractivity contribution < 1.29 is 9.53 Å². The molecule has 0 aliphatic rings. The maximum Gasteiger partial charge on any atom is 0.262 e. The molecule has 2 rings (SSSR count). The molecule has 0 bridgehead atoms. The number of aromatic nitrogens is 1. The highest BCUT2D eigenvalue weighted by Crippen LogP contribution is 2.23. The van der Waals surface area contributed by atoms with Crippen LogP contribution in [0.4, 0.5) is 0 Å². The molecule has 0 saturated carbocycles. The van der Waals surface area contributed by atoms with Crippen molar-refractivity contribution in [3.63, 3.8) is 0 Å². The van der Waals surface area contributed by atoms with Crippen molar-refractivity contribution in [2.45, 2.75) is 33.4 Å². The van der Waals surface area contributed by atoms with E-state index in [1.165, 1.54) is 0 Å². The van der Waals surface area contributed by atoms with Crippen LogP contribution in [0.2, 0.25) is 5.02 Å². The third-order valence-corrected chi connectivity index (χ3v) is 4.66. The molecule has 0 fully saturated rings. The number of amides is 1. The Labute approximate surface area is 165 Å². The van der Waals surface area contributed by atoms with E-state index in [0.29, 0.717) is 18.2 Å². The number of nitriles is 1. The van der Waals surface area contributed by atoms with Crippen LogP contribution in [0.5, 0.6) is 0 Å². The summed E-state index contributed by atoms with van der Waals surface area (Å²) in [4.78, 5) is 12.4. The molecule has 27 heavy (non-hydrogen) atoms. The molecule has 1 heterocycles. The Kier molecular flexibility index (Phi) is 7.23. The average Bonchev–Trinajstić information content (AvgIpc) is 2.92. The standard InChI is InChI=1S/C21H24ClN3O2/c1-14-9-18(16(3)25(14)15(2)13-27-4)10-19(11-23)21(26)24-12-17-5-7-20(22)8-6-17/h5-10,15H,12-13H2,1-4H3,(H,24,26)/b19-10+. The number of rotatable bonds is 7. The number of ether oxygens (including phenoxy) is 1. The van der Waals surface area contributed by atoms with Crippen LogP contribution in [0.3, 0.4) is 0 Å². The zero-order valence-electron chi connectivity index (χ0n) is 16.0. The lowest BCUT2D eigenvalue weighted by atomic mass is 10.1. The maximum absolute atomic E-state index is 12.4. The Morgan fingerprint density at radius 2 is 2.04 bits per heavy atom. The lowest BCUT2D eigenvalue weighted by Crippen LogP contribution is -2.23. The van der Waals surface area contributed by atoms with Gasteiger partial charge >= 0.3 is 0 Å². The summed E-state index contributed by atoms with van der Waals surface area (Å²) in [5.41, 5.74) is 3.89. The fourth-order valence-corrected chi connectivity index (χ4v) is 3.25. The van der Waals surface area contributed by atoms with Crippen molar-refractivity contribution in [1.82, 2.24) is 9.88 Å². The van der Waals surface area contributed by atoms with Crippen molar-refractivity contribution in [3.05, 3.63) is 63.4 Å². The molecule has 0 aliphatic carbocycles. The van der Waals surface area contributed by atoms with Crippen LogP contribution < -0.4 is 5.32 Å². The average molecular weight is 386 g/mol. The van der Waals surface area contributed by atoms with Gasteiger partial charge in [-0.1, -0.05) is 23.7 Å². The second-order valence-electron chi connectivity index (χ2n) is 6.48. The van der Waals surface area contributed by atoms with Crippen LogP contribution in [0.15, 0.2) is 35.9 Å². The molecule has 5 nitrogen and oxygen atoms in total. The number of aryl methyl sites for hydroxylation is 1. The molecule has 0 radical (unpaired) electrons. The molecule has 1 unspecified atom stereocenters. The Morgan fingerprint density at radius 3 is 2.63 bits per heavy atom. The van der Waals surface area contributed by atoms with E-state index in [1.54, 1.807) is 25.3 Å². The third-order valence-electron chi connectivity index (χ3n) is 4.40. The molecular weight excluding hydrogens is 362 g/mol. The first-order chi connectivity index (χ1) is 12.9. The number of methoxy groups -OCH3 is 1. The highest BCUT2D eigenvalue weighted by Gasteiger charge is 2.15.